The Morgan fingerprint density at radius 1 is 1.24 bits per heavy atom. The fourth-order valence-corrected chi connectivity index (χ4v) is 5.83. The first-order chi connectivity index (χ1) is 14.2. The van der Waals surface area contributed by atoms with Gasteiger partial charge in [0.25, 0.3) is 0 Å². The number of hydrogen-bond acceptors (Lipinski definition) is 7. The Bertz CT molecular complexity index is 1160. The summed E-state index contributed by atoms with van der Waals surface area (Å²) in [6, 6.07) is 8.87. The number of nitrogens with zero attached hydrogens (tertiary/aromatic N) is 6. The first-order valence-corrected chi connectivity index (χ1v) is 10.2. The maximum atomic E-state index is 10.3. The monoisotopic (exact) mass is 387 g/mol. The third-order valence-corrected chi connectivity index (χ3v) is 7.08. The second-order valence-corrected chi connectivity index (χ2v) is 8.57. The first kappa shape index (κ1) is 16.9. The van der Waals surface area contributed by atoms with Gasteiger partial charge < -0.3 is 4.90 Å². The second kappa shape index (κ2) is 6.22. The number of nitrogens with one attached hydrogen (secondary N) is 1. The lowest BCUT2D eigenvalue weighted by Crippen LogP contribution is -2.54. The third kappa shape index (κ3) is 2.40. The predicted molar refractivity (Wildman–Crippen MR) is 106 cm³/mol. The van der Waals surface area contributed by atoms with E-state index in [9.17, 15) is 5.26 Å². The van der Waals surface area contributed by atoms with E-state index in [0.717, 1.165) is 35.6 Å². The number of aromatic amines is 1. The second-order valence-electron chi connectivity index (χ2n) is 8.57. The molecule has 146 valence electrons. The van der Waals surface area contributed by atoms with Crippen molar-refractivity contribution in [3.63, 3.8) is 0 Å². The Labute approximate surface area is 167 Å². The molecular formula is C21H21N7O. The molecule has 2 bridgehead atoms. The maximum absolute atomic E-state index is 10.3. The maximum Gasteiger partial charge on any atom is 0.151 e. The fraction of sp³-hybridized carbons (Fsp3) is 0.476. The van der Waals surface area contributed by atoms with Crippen LogP contribution >= 0.6 is 0 Å². The van der Waals surface area contributed by atoms with Gasteiger partial charge in [0.15, 0.2) is 5.82 Å². The van der Waals surface area contributed by atoms with Gasteiger partial charge in [-0.05, 0) is 54.2 Å². The van der Waals surface area contributed by atoms with Gasteiger partial charge in [-0.15, -0.1) is 0 Å². The van der Waals surface area contributed by atoms with E-state index in [1.807, 2.05) is 18.2 Å². The minimum atomic E-state index is -0.361. The number of aliphatic imine (C=N–C) groups is 1. The van der Waals surface area contributed by atoms with Crippen molar-refractivity contribution in [2.75, 3.05) is 13.6 Å². The zero-order chi connectivity index (χ0) is 19.5. The highest BCUT2D eigenvalue weighted by Gasteiger charge is 2.47. The predicted octanol–water partition coefficient (Wildman–Crippen LogP) is 3.03. The minimum Gasteiger partial charge on any atom is -0.302 e. The largest absolute Gasteiger partial charge is 0.302 e. The third-order valence-electron chi connectivity index (χ3n) is 7.08. The summed E-state index contributed by atoms with van der Waals surface area (Å²) in [6.07, 6.45) is 5.35. The number of nitriles is 1. The minimum absolute atomic E-state index is 0.192. The number of piperidine rings is 2. The number of hydrogen-bond donors (Lipinski definition) is 1. The highest BCUT2D eigenvalue weighted by atomic mass is 16.6. The Morgan fingerprint density at radius 2 is 2.17 bits per heavy atom. The van der Waals surface area contributed by atoms with E-state index in [0.29, 0.717) is 28.9 Å². The number of rotatable bonds is 2. The average Bonchev–Trinajstić information content (AvgIpc) is 3.41. The molecule has 2 aromatic heterocycles. The van der Waals surface area contributed by atoms with E-state index in [-0.39, 0.29) is 11.8 Å². The van der Waals surface area contributed by atoms with E-state index in [4.69, 9.17) is 9.62 Å². The smallest absolute Gasteiger partial charge is 0.151 e. The normalized spacial score (nSPS) is 31.4. The van der Waals surface area contributed by atoms with Crippen LogP contribution in [0.3, 0.4) is 0 Å². The molecule has 0 radical (unpaired) electrons. The van der Waals surface area contributed by atoms with Crippen LogP contribution < -0.4 is 0 Å². The molecule has 0 amide bonds. The molecule has 4 aliphatic rings. The number of fused-ring (bicyclic) bond motifs is 5. The zero-order valence-electron chi connectivity index (χ0n) is 16.1. The van der Waals surface area contributed by atoms with Crippen LogP contribution in [0, 0.1) is 29.1 Å². The van der Waals surface area contributed by atoms with Crippen molar-refractivity contribution in [3.05, 3.63) is 35.5 Å². The molecule has 2 saturated heterocycles. The molecule has 1 aromatic carbocycles. The summed E-state index contributed by atoms with van der Waals surface area (Å²) >= 11 is 0. The Hall–Kier alpha value is -3.05. The number of H-pyrrole nitrogens is 1. The van der Waals surface area contributed by atoms with E-state index in [2.05, 4.69) is 38.5 Å². The highest BCUT2D eigenvalue weighted by Crippen LogP contribution is 2.48. The van der Waals surface area contributed by atoms with Gasteiger partial charge in [0, 0.05) is 35.7 Å². The SMILES string of the molecule is CN1C[C@@H]2CC[C@H]1[C@H](C1=Nc3[nH]ncc3C(c3cccc4nonc34)C1C#N)C2. The summed E-state index contributed by atoms with van der Waals surface area (Å²) in [7, 11) is 2.20. The van der Waals surface area contributed by atoms with Crippen LogP contribution in [0.1, 0.15) is 36.3 Å². The van der Waals surface area contributed by atoms with Gasteiger partial charge >= 0.3 is 0 Å². The van der Waals surface area contributed by atoms with Gasteiger partial charge in [0.05, 0.1) is 18.2 Å². The lowest BCUT2D eigenvalue weighted by Gasteiger charge is -2.50. The Morgan fingerprint density at radius 3 is 3.00 bits per heavy atom. The molecule has 3 aliphatic heterocycles. The van der Waals surface area contributed by atoms with E-state index in [1.165, 1.54) is 12.8 Å². The van der Waals surface area contributed by atoms with Gasteiger partial charge in [0.1, 0.15) is 11.0 Å². The van der Waals surface area contributed by atoms with E-state index in [1.54, 1.807) is 6.20 Å². The van der Waals surface area contributed by atoms with Crippen LogP contribution in [0.25, 0.3) is 11.0 Å². The fourth-order valence-electron chi connectivity index (χ4n) is 5.83. The van der Waals surface area contributed by atoms with Crippen LogP contribution in [0.4, 0.5) is 5.82 Å². The molecule has 5 heterocycles. The first-order valence-electron chi connectivity index (χ1n) is 10.2. The van der Waals surface area contributed by atoms with E-state index < -0.39 is 0 Å². The van der Waals surface area contributed by atoms with Crippen molar-refractivity contribution in [1.29, 1.82) is 5.26 Å². The molecule has 29 heavy (non-hydrogen) atoms. The zero-order valence-corrected chi connectivity index (χ0v) is 16.1. The van der Waals surface area contributed by atoms with Crippen molar-refractivity contribution in [3.8, 4) is 6.07 Å². The molecule has 1 N–H and O–H groups in total. The molecule has 8 heteroatoms. The molecule has 3 aromatic rings. The lowest BCUT2D eigenvalue weighted by atomic mass is 9.65. The summed E-state index contributed by atoms with van der Waals surface area (Å²) in [6.45, 7) is 1.15. The van der Waals surface area contributed by atoms with Crippen LogP contribution in [-0.4, -0.2) is 50.8 Å². The number of aromatic nitrogens is 4. The van der Waals surface area contributed by atoms with Gasteiger partial charge in [-0.25, -0.2) is 9.62 Å². The lowest BCUT2D eigenvalue weighted by molar-refractivity contribution is 0.0454. The molecule has 7 rings (SSSR count). The highest BCUT2D eigenvalue weighted by molar-refractivity contribution is 5.97. The molecule has 2 unspecified atom stereocenters. The Kier molecular flexibility index (Phi) is 3.62. The molecule has 1 saturated carbocycles. The van der Waals surface area contributed by atoms with Crippen molar-refractivity contribution < 1.29 is 4.63 Å². The van der Waals surface area contributed by atoms with E-state index >= 15 is 0 Å². The topological polar surface area (TPSA) is 107 Å². The van der Waals surface area contributed by atoms with Crippen LogP contribution in [-0.2, 0) is 0 Å². The summed E-state index contributed by atoms with van der Waals surface area (Å²) in [5, 5.41) is 25.7. The molecule has 8 nitrogen and oxygen atoms in total. The molecular weight excluding hydrogens is 366 g/mol. The number of benzene rings is 1. The molecule has 1 aliphatic carbocycles. The van der Waals surface area contributed by atoms with Gasteiger partial charge in [-0.1, -0.05) is 12.1 Å². The molecule has 3 fully saturated rings. The van der Waals surface area contributed by atoms with Crippen molar-refractivity contribution in [2.24, 2.45) is 22.7 Å². The van der Waals surface area contributed by atoms with Crippen LogP contribution in [0.15, 0.2) is 34.0 Å². The van der Waals surface area contributed by atoms with Crippen LogP contribution in [0.5, 0.6) is 0 Å². The van der Waals surface area contributed by atoms with Crippen molar-refractivity contribution in [2.45, 2.75) is 31.2 Å². The standard InChI is InChI=1S/C21H21N7O/c1-28-10-11-5-6-17(28)13(7-11)19-14(8-22)18(15-9-23-25-21(15)24-19)12-3-2-4-16-20(12)27-29-26-16/h2-4,9,11,13-14,17-18H,5-7,10H2,1H3,(H,23,25)/t11-,13-,14?,17+,18?/m1/s1. The van der Waals surface area contributed by atoms with Gasteiger partial charge in [-0.2, -0.15) is 10.4 Å². The average molecular weight is 387 g/mol. The summed E-state index contributed by atoms with van der Waals surface area (Å²) in [5.41, 5.74) is 4.27. The van der Waals surface area contributed by atoms with Gasteiger partial charge in [-0.3, -0.25) is 5.10 Å². The van der Waals surface area contributed by atoms with Crippen LogP contribution in [0.2, 0.25) is 0 Å². The quantitative estimate of drug-likeness (QED) is 0.724. The molecule has 5 atom stereocenters. The summed E-state index contributed by atoms with van der Waals surface area (Å²) in [4.78, 5) is 7.43. The summed E-state index contributed by atoms with van der Waals surface area (Å²) in [5.74, 6) is 1.18. The van der Waals surface area contributed by atoms with Crippen molar-refractivity contribution >= 4 is 22.6 Å². The Balaban J connectivity index is 1.51. The summed E-state index contributed by atoms with van der Waals surface area (Å²) < 4.78 is 4.99. The van der Waals surface area contributed by atoms with Gasteiger partial charge in [0.2, 0.25) is 0 Å². The van der Waals surface area contributed by atoms with Crippen molar-refractivity contribution in [1.82, 2.24) is 25.4 Å². The molecule has 0 spiro atoms.